The van der Waals surface area contributed by atoms with Gasteiger partial charge in [0, 0.05) is 15.1 Å². The van der Waals surface area contributed by atoms with Crippen molar-refractivity contribution in [3.8, 4) is 11.3 Å². The molecule has 0 radical (unpaired) electrons. The lowest BCUT2D eigenvalue weighted by atomic mass is 10.1. The van der Waals surface area contributed by atoms with Gasteiger partial charge in [-0.15, -0.1) is 0 Å². The monoisotopic (exact) mass is 286 g/mol. The predicted octanol–water partition coefficient (Wildman–Crippen LogP) is 2.26. The Balaban J connectivity index is 2.59. The van der Waals surface area contributed by atoms with E-state index in [2.05, 4.69) is 20.9 Å². The highest BCUT2D eigenvalue weighted by atomic mass is 79.9. The Labute approximate surface area is 99.9 Å². The summed E-state index contributed by atoms with van der Waals surface area (Å²) in [4.78, 5) is 4.12. The second-order valence-corrected chi connectivity index (χ2v) is 4.30. The third-order valence-electron chi connectivity index (χ3n) is 2.02. The molecule has 1 heterocycles. The number of rotatable bonds is 1. The van der Waals surface area contributed by atoms with E-state index >= 15 is 0 Å². The molecule has 0 aliphatic rings. The van der Waals surface area contributed by atoms with Crippen LogP contribution in [-0.4, -0.2) is 9.66 Å². The second-order valence-electron chi connectivity index (χ2n) is 3.01. The summed E-state index contributed by atoms with van der Waals surface area (Å²) < 4.78 is 2.11. The van der Waals surface area contributed by atoms with Crippen LogP contribution in [0.15, 0.2) is 29.0 Å². The molecule has 1 aromatic carbocycles. The Morgan fingerprint density at radius 2 is 2.13 bits per heavy atom. The lowest BCUT2D eigenvalue weighted by Crippen LogP contribution is -2.10. The van der Waals surface area contributed by atoms with Crippen LogP contribution in [0.1, 0.15) is 0 Å². The Morgan fingerprint density at radius 1 is 1.40 bits per heavy atom. The van der Waals surface area contributed by atoms with E-state index in [1.165, 1.54) is 11.0 Å². The summed E-state index contributed by atoms with van der Waals surface area (Å²) in [5.41, 5.74) is 7.27. The van der Waals surface area contributed by atoms with Crippen molar-refractivity contribution in [2.75, 3.05) is 11.6 Å². The van der Waals surface area contributed by atoms with Crippen LogP contribution in [0.3, 0.4) is 0 Å². The van der Waals surface area contributed by atoms with E-state index in [0.29, 0.717) is 16.5 Å². The normalized spacial score (nSPS) is 10.5. The highest BCUT2D eigenvalue weighted by molar-refractivity contribution is 9.10. The summed E-state index contributed by atoms with van der Waals surface area (Å²) in [6.07, 6.45) is 1.46. The highest BCUT2D eigenvalue weighted by Crippen LogP contribution is 2.32. The van der Waals surface area contributed by atoms with Crippen LogP contribution >= 0.6 is 27.5 Å². The number of hydrogen-bond donors (Lipinski definition) is 2. The van der Waals surface area contributed by atoms with Gasteiger partial charge in [0.05, 0.1) is 0 Å². The molecule has 4 nitrogen and oxygen atoms in total. The molecule has 0 atom stereocenters. The first-order chi connectivity index (χ1) is 7.09. The first-order valence-electron chi connectivity index (χ1n) is 4.13. The molecule has 0 aliphatic carbocycles. The first kappa shape index (κ1) is 10.3. The van der Waals surface area contributed by atoms with Gasteiger partial charge < -0.3 is 11.6 Å². The fourth-order valence-corrected chi connectivity index (χ4v) is 2.13. The van der Waals surface area contributed by atoms with E-state index in [0.717, 1.165) is 10.0 Å². The summed E-state index contributed by atoms with van der Waals surface area (Å²) in [6.45, 7) is 0. The van der Waals surface area contributed by atoms with E-state index in [-0.39, 0.29) is 0 Å². The molecule has 0 saturated carbocycles. The Bertz CT molecular complexity index is 509. The molecule has 15 heavy (non-hydrogen) atoms. The van der Waals surface area contributed by atoms with E-state index in [9.17, 15) is 0 Å². The molecule has 0 bridgehead atoms. The molecule has 0 saturated heterocycles. The van der Waals surface area contributed by atoms with Crippen LogP contribution in [0.25, 0.3) is 11.3 Å². The van der Waals surface area contributed by atoms with Crippen molar-refractivity contribution < 1.29 is 0 Å². The topological polar surface area (TPSA) is 69.9 Å². The summed E-state index contributed by atoms with van der Waals surface area (Å²) >= 11 is 9.23. The van der Waals surface area contributed by atoms with Crippen LogP contribution in [0.4, 0.5) is 5.82 Å². The van der Waals surface area contributed by atoms with Crippen LogP contribution in [0.2, 0.25) is 5.02 Å². The minimum absolute atomic E-state index is 0.415. The van der Waals surface area contributed by atoms with Crippen molar-refractivity contribution in [1.82, 2.24) is 9.66 Å². The van der Waals surface area contributed by atoms with Crippen LogP contribution in [0.5, 0.6) is 0 Å². The number of anilines is 1. The van der Waals surface area contributed by atoms with Gasteiger partial charge in [0.15, 0.2) is 5.82 Å². The molecule has 4 N–H and O–H groups in total. The van der Waals surface area contributed by atoms with Crippen molar-refractivity contribution in [1.29, 1.82) is 0 Å². The molecule has 6 heteroatoms. The Hall–Kier alpha value is -1.20. The smallest absolute Gasteiger partial charge is 0.150 e. The molecule has 1 aromatic heterocycles. The van der Waals surface area contributed by atoms with Crippen molar-refractivity contribution >= 4 is 33.3 Å². The molecular formula is C9H8BrClN4. The third kappa shape index (κ3) is 1.80. The number of nitrogen functional groups attached to an aromatic ring is 2. The molecule has 2 rings (SSSR count). The summed E-state index contributed by atoms with van der Waals surface area (Å²) in [6, 6.07) is 5.40. The Kier molecular flexibility index (Phi) is 2.58. The zero-order valence-corrected chi connectivity index (χ0v) is 9.96. The van der Waals surface area contributed by atoms with Crippen LogP contribution in [-0.2, 0) is 0 Å². The lowest BCUT2D eigenvalue weighted by Gasteiger charge is -2.03. The SMILES string of the molecule is Nc1c(-c2ccc(Cl)cc2Br)ncn1N. The highest BCUT2D eigenvalue weighted by Gasteiger charge is 2.11. The number of hydrogen-bond acceptors (Lipinski definition) is 3. The zero-order valence-electron chi connectivity index (χ0n) is 7.61. The first-order valence-corrected chi connectivity index (χ1v) is 5.30. The molecule has 78 valence electrons. The Morgan fingerprint density at radius 3 is 2.67 bits per heavy atom. The van der Waals surface area contributed by atoms with Gasteiger partial charge in [-0.3, -0.25) is 0 Å². The van der Waals surface area contributed by atoms with E-state index < -0.39 is 0 Å². The number of nitrogens with zero attached hydrogens (tertiary/aromatic N) is 2. The quantitative estimate of drug-likeness (QED) is 0.790. The van der Waals surface area contributed by atoms with Gasteiger partial charge in [-0.05, 0) is 12.1 Å². The maximum atomic E-state index is 5.84. The van der Waals surface area contributed by atoms with Crippen molar-refractivity contribution in [3.05, 3.63) is 34.0 Å². The molecule has 0 spiro atoms. The van der Waals surface area contributed by atoms with E-state index in [1.807, 2.05) is 6.07 Å². The fourth-order valence-electron chi connectivity index (χ4n) is 1.26. The molecule has 0 amide bonds. The summed E-state index contributed by atoms with van der Waals surface area (Å²) in [5, 5.41) is 0.649. The number of halogens is 2. The predicted molar refractivity (Wildman–Crippen MR) is 64.9 cm³/mol. The maximum absolute atomic E-state index is 5.84. The van der Waals surface area contributed by atoms with E-state index in [4.69, 9.17) is 23.2 Å². The second kappa shape index (κ2) is 3.75. The molecule has 0 unspecified atom stereocenters. The average molecular weight is 288 g/mol. The molecular weight excluding hydrogens is 279 g/mol. The molecule has 2 aromatic rings. The van der Waals surface area contributed by atoms with Gasteiger partial charge in [-0.1, -0.05) is 33.6 Å². The molecule has 0 aliphatic heterocycles. The zero-order chi connectivity index (χ0) is 11.0. The van der Waals surface area contributed by atoms with Gasteiger partial charge in [0.25, 0.3) is 0 Å². The molecule has 0 fully saturated rings. The van der Waals surface area contributed by atoms with Crippen molar-refractivity contribution in [2.24, 2.45) is 0 Å². The van der Waals surface area contributed by atoms with Gasteiger partial charge in [0.1, 0.15) is 12.0 Å². The third-order valence-corrected chi connectivity index (χ3v) is 2.91. The van der Waals surface area contributed by atoms with E-state index in [1.54, 1.807) is 12.1 Å². The standard InChI is InChI=1S/C9H8BrClN4/c10-7-3-5(11)1-2-6(7)8-9(12)15(13)4-14-8/h1-4H,12-13H2. The largest absolute Gasteiger partial charge is 0.382 e. The summed E-state index contributed by atoms with van der Waals surface area (Å²) in [5.74, 6) is 5.96. The van der Waals surface area contributed by atoms with Gasteiger partial charge in [0.2, 0.25) is 0 Å². The van der Waals surface area contributed by atoms with Crippen molar-refractivity contribution in [2.45, 2.75) is 0 Å². The number of aromatic nitrogens is 2. The maximum Gasteiger partial charge on any atom is 0.150 e. The van der Waals surface area contributed by atoms with Crippen LogP contribution < -0.4 is 11.6 Å². The van der Waals surface area contributed by atoms with Gasteiger partial charge >= 0.3 is 0 Å². The minimum atomic E-state index is 0.415. The lowest BCUT2D eigenvalue weighted by molar-refractivity contribution is 1.01. The fraction of sp³-hybridized carbons (Fsp3) is 0. The van der Waals surface area contributed by atoms with Crippen molar-refractivity contribution in [3.63, 3.8) is 0 Å². The van der Waals surface area contributed by atoms with Gasteiger partial charge in [-0.2, -0.15) is 0 Å². The number of imidazole rings is 1. The van der Waals surface area contributed by atoms with Crippen LogP contribution in [0, 0.1) is 0 Å². The average Bonchev–Trinajstić information content (AvgIpc) is 2.49. The van der Waals surface area contributed by atoms with Gasteiger partial charge in [-0.25, -0.2) is 9.66 Å². The number of benzene rings is 1. The number of nitrogens with two attached hydrogens (primary N) is 2. The minimum Gasteiger partial charge on any atom is -0.382 e. The summed E-state index contributed by atoms with van der Waals surface area (Å²) in [7, 11) is 0.